The van der Waals surface area contributed by atoms with Gasteiger partial charge in [-0.3, -0.25) is 0 Å². The van der Waals surface area contributed by atoms with Crippen molar-refractivity contribution in [2.75, 3.05) is 23.3 Å². The molecule has 1 N–H and O–H groups in total. The highest BCUT2D eigenvalue weighted by atomic mass is 15.2. The Morgan fingerprint density at radius 3 is 2.42 bits per heavy atom. The fraction of sp³-hybridized carbons (Fsp3) is 0.647. The summed E-state index contributed by atoms with van der Waals surface area (Å²) in [4.78, 5) is 2.54. The molecule has 0 saturated carbocycles. The van der Waals surface area contributed by atoms with Gasteiger partial charge in [-0.15, -0.1) is 0 Å². The molecule has 0 aromatic heterocycles. The topological polar surface area (TPSA) is 15.3 Å². The van der Waals surface area contributed by atoms with Crippen molar-refractivity contribution in [3.05, 3.63) is 24.3 Å². The lowest BCUT2D eigenvalue weighted by atomic mass is 10.0. The van der Waals surface area contributed by atoms with Crippen molar-refractivity contribution in [2.24, 2.45) is 5.92 Å². The predicted molar refractivity (Wildman–Crippen MR) is 85.0 cm³/mol. The van der Waals surface area contributed by atoms with Gasteiger partial charge < -0.3 is 10.2 Å². The Morgan fingerprint density at radius 1 is 1.11 bits per heavy atom. The van der Waals surface area contributed by atoms with Gasteiger partial charge in [0.15, 0.2) is 0 Å². The number of hydrogen-bond acceptors (Lipinski definition) is 2. The molecule has 0 amide bonds. The van der Waals surface area contributed by atoms with Crippen LogP contribution < -0.4 is 10.2 Å². The van der Waals surface area contributed by atoms with E-state index in [0.29, 0.717) is 12.0 Å². The molecule has 1 saturated heterocycles. The van der Waals surface area contributed by atoms with Crippen LogP contribution in [-0.4, -0.2) is 19.1 Å². The molecule has 0 bridgehead atoms. The van der Waals surface area contributed by atoms with E-state index in [1.165, 1.54) is 50.1 Å². The second-order valence-electron chi connectivity index (χ2n) is 5.97. The molecule has 1 aromatic rings. The quantitative estimate of drug-likeness (QED) is 0.837. The average molecular weight is 260 g/mol. The summed E-state index contributed by atoms with van der Waals surface area (Å²) in [5, 5.41) is 3.75. The first-order chi connectivity index (χ1) is 9.22. The molecule has 106 valence electrons. The normalized spacial score (nSPS) is 17.6. The van der Waals surface area contributed by atoms with Crippen molar-refractivity contribution in [3.8, 4) is 0 Å². The minimum Gasteiger partial charge on any atom is -0.380 e. The predicted octanol–water partition coefficient (Wildman–Crippen LogP) is 4.52. The first kappa shape index (κ1) is 14.2. The lowest BCUT2D eigenvalue weighted by Gasteiger charge is -2.32. The van der Waals surface area contributed by atoms with Gasteiger partial charge in [0.05, 0.1) is 11.4 Å². The molecule has 2 rings (SSSR count). The van der Waals surface area contributed by atoms with Gasteiger partial charge in [-0.1, -0.05) is 32.9 Å². The largest absolute Gasteiger partial charge is 0.380 e. The van der Waals surface area contributed by atoms with E-state index in [2.05, 4.69) is 55.3 Å². The Balaban J connectivity index is 2.15. The van der Waals surface area contributed by atoms with Gasteiger partial charge in [0.1, 0.15) is 0 Å². The molecule has 1 fully saturated rings. The van der Waals surface area contributed by atoms with Crippen molar-refractivity contribution in [2.45, 2.75) is 52.5 Å². The zero-order valence-corrected chi connectivity index (χ0v) is 12.7. The van der Waals surface area contributed by atoms with E-state index < -0.39 is 0 Å². The maximum atomic E-state index is 3.75. The highest BCUT2D eigenvalue weighted by Gasteiger charge is 2.17. The Hall–Kier alpha value is -1.18. The molecule has 1 atom stereocenters. The first-order valence-corrected chi connectivity index (χ1v) is 7.83. The number of anilines is 2. The summed E-state index contributed by atoms with van der Waals surface area (Å²) in [6.07, 6.45) is 5.22. The van der Waals surface area contributed by atoms with E-state index in [4.69, 9.17) is 0 Å². The van der Waals surface area contributed by atoms with Gasteiger partial charge in [-0.05, 0) is 43.7 Å². The van der Waals surface area contributed by atoms with Gasteiger partial charge >= 0.3 is 0 Å². The minimum atomic E-state index is 0.561. The standard InChI is InChI=1S/C17H28N2/c1-4-15(14(2)3)18-16-10-6-7-11-17(16)19-12-8-5-9-13-19/h6-7,10-11,14-15,18H,4-5,8-9,12-13H2,1-3H3. The Morgan fingerprint density at radius 2 is 1.79 bits per heavy atom. The highest BCUT2D eigenvalue weighted by Crippen LogP contribution is 2.29. The summed E-state index contributed by atoms with van der Waals surface area (Å²) in [5.41, 5.74) is 2.70. The molecule has 19 heavy (non-hydrogen) atoms. The Labute approximate surface area is 118 Å². The lowest BCUT2D eigenvalue weighted by Crippen LogP contribution is -2.31. The summed E-state index contributed by atoms with van der Waals surface area (Å²) < 4.78 is 0. The molecule has 0 spiro atoms. The second-order valence-corrected chi connectivity index (χ2v) is 5.97. The van der Waals surface area contributed by atoms with Crippen molar-refractivity contribution in [1.29, 1.82) is 0 Å². The van der Waals surface area contributed by atoms with Crippen LogP contribution in [0.5, 0.6) is 0 Å². The number of hydrogen-bond donors (Lipinski definition) is 1. The molecule has 2 nitrogen and oxygen atoms in total. The maximum absolute atomic E-state index is 3.75. The highest BCUT2D eigenvalue weighted by molar-refractivity contribution is 5.70. The van der Waals surface area contributed by atoms with Crippen LogP contribution in [0.15, 0.2) is 24.3 Å². The van der Waals surface area contributed by atoms with Crippen LogP contribution in [0.25, 0.3) is 0 Å². The van der Waals surface area contributed by atoms with Crippen LogP contribution in [-0.2, 0) is 0 Å². The van der Waals surface area contributed by atoms with Crippen LogP contribution in [0, 0.1) is 5.92 Å². The summed E-state index contributed by atoms with van der Waals surface area (Å²) in [7, 11) is 0. The van der Waals surface area contributed by atoms with Gasteiger partial charge in [-0.25, -0.2) is 0 Å². The molecule has 1 unspecified atom stereocenters. The second kappa shape index (κ2) is 6.83. The van der Waals surface area contributed by atoms with Gasteiger partial charge in [-0.2, -0.15) is 0 Å². The van der Waals surface area contributed by atoms with E-state index in [1.807, 2.05) is 0 Å². The van der Waals surface area contributed by atoms with Gasteiger partial charge in [0, 0.05) is 19.1 Å². The molecule has 1 aromatic carbocycles. The van der Waals surface area contributed by atoms with Crippen LogP contribution in [0.2, 0.25) is 0 Å². The van der Waals surface area contributed by atoms with Crippen LogP contribution >= 0.6 is 0 Å². The Kier molecular flexibility index (Phi) is 5.12. The number of nitrogens with zero attached hydrogens (tertiary/aromatic N) is 1. The molecular weight excluding hydrogens is 232 g/mol. The number of piperidine rings is 1. The zero-order chi connectivity index (χ0) is 13.7. The SMILES string of the molecule is CCC(Nc1ccccc1N1CCCCC1)C(C)C. The monoisotopic (exact) mass is 260 g/mol. The van der Waals surface area contributed by atoms with E-state index in [-0.39, 0.29) is 0 Å². The summed E-state index contributed by atoms with van der Waals surface area (Å²) >= 11 is 0. The minimum absolute atomic E-state index is 0.561. The first-order valence-electron chi connectivity index (χ1n) is 7.83. The molecular formula is C17H28N2. The van der Waals surface area contributed by atoms with Crippen molar-refractivity contribution < 1.29 is 0 Å². The van der Waals surface area contributed by atoms with E-state index >= 15 is 0 Å². The van der Waals surface area contributed by atoms with E-state index in [9.17, 15) is 0 Å². The molecule has 2 heteroatoms. The van der Waals surface area contributed by atoms with Crippen molar-refractivity contribution in [1.82, 2.24) is 0 Å². The van der Waals surface area contributed by atoms with Crippen LogP contribution in [0.4, 0.5) is 11.4 Å². The average Bonchev–Trinajstić information content (AvgIpc) is 2.45. The van der Waals surface area contributed by atoms with Gasteiger partial charge in [0.2, 0.25) is 0 Å². The number of rotatable bonds is 5. The zero-order valence-electron chi connectivity index (χ0n) is 12.7. The smallest absolute Gasteiger partial charge is 0.0602 e. The third-order valence-electron chi connectivity index (χ3n) is 4.19. The van der Waals surface area contributed by atoms with Gasteiger partial charge in [0.25, 0.3) is 0 Å². The maximum Gasteiger partial charge on any atom is 0.0602 e. The lowest BCUT2D eigenvalue weighted by molar-refractivity contribution is 0.510. The van der Waals surface area contributed by atoms with E-state index in [0.717, 1.165) is 0 Å². The molecule has 0 radical (unpaired) electrons. The number of benzene rings is 1. The van der Waals surface area contributed by atoms with Crippen LogP contribution in [0.3, 0.4) is 0 Å². The van der Waals surface area contributed by atoms with Crippen molar-refractivity contribution >= 4 is 11.4 Å². The Bertz CT molecular complexity index is 381. The third-order valence-corrected chi connectivity index (χ3v) is 4.19. The van der Waals surface area contributed by atoms with Crippen LogP contribution in [0.1, 0.15) is 46.5 Å². The molecule has 1 aliphatic rings. The summed E-state index contributed by atoms with van der Waals surface area (Å²) in [6.45, 7) is 9.27. The fourth-order valence-electron chi connectivity index (χ4n) is 2.95. The van der Waals surface area contributed by atoms with Crippen molar-refractivity contribution in [3.63, 3.8) is 0 Å². The molecule has 1 heterocycles. The molecule has 0 aliphatic carbocycles. The number of nitrogens with one attached hydrogen (secondary N) is 1. The fourth-order valence-corrected chi connectivity index (χ4v) is 2.95. The molecule has 1 aliphatic heterocycles. The summed E-state index contributed by atoms with van der Waals surface area (Å²) in [6, 6.07) is 9.36. The number of para-hydroxylation sites is 2. The van der Waals surface area contributed by atoms with E-state index in [1.54, 1.807) is 0 Å². The summed E-state index contributed by atoms with van der Waals surface area (Å²) in [5.74, 6) is 0.666. The third kappa shape index (κ3) is 3.65.